The molecule has 3 aliphatic heterocycles. The van der Waals surface area contributed by atoms with Gasteiger partial charge in [-0.1, -0.05) is 77.6 Å². The van der Waals surface area contributed by atoms with Crippen molar-refractivity contribution in [3.05, 3.63) is 162 Å². The van der Waals surface area contributed by atoms with Gasteiger partial charge in [-0.3, -0.25) is 19.3 Å². The number of unbranched alkanes of at least 4 members (excludes halogenated alkanes) is 2. The highest BCUT2D eigenvalue weighted by Gasteiger charge is 2.52. The second kappa shape index (κ2) is 22.0. The normalized spacial score (nSPS) is 15.2. The smallest absolute Gasteiger partial charge is 0.484 e. The molecule has 3 aliphatic rings. The number of fused-ring (bicyclic) bond motifs is 2. The van der Waals surface area contributed by atoms with E-state index in [0.717, 1.165) is 49.1 Å². The highest BCUT2D eigenvalue weighted by Crippen LogP contribution is 2.36. The summed E-state index contributed by atoms with van der Waals surface area (Å²) < 4.78 is 41.9. The van der Waals surface area contributed by atoms with Crippen molar-refractivity contribution in [3.63, 3.8) is 0 Å². The van der Waals surface area contributed by atoms with E-state index in [1.165, 1.54) is 11.3 Å². The van der Waals surface area contributed by atoms with Crippen molar-refractivity contribution in [2.24, 2.45) is 0 Å². The third-order valence-corrected chi connectivity index (χ3v) is 14.4. The molecule has 6 heterocycles. The van der Waals surface area contributed by atoms with Gasteiger partial charge in [0.2, 0.25) is 5.91 Å². The maximum atomic E-state index is 16.1. The lowest BCUT2D eigenvalue weighted by Gasteiger charge is -2.34. The van der Waals surface area contributed by atoms with Crippen molar-refractivity contribution in [2.45, 2.75) is 32.6 Å². The highest BCUT2D eigenvalue weighted by molar-refractivity contribution is 7.12. The summed E-state index contributed by atoms with van der Waals surface area (Å²) in [5.74, 6) is 0.0672. The molecule has 0 atom stereocenters. The van der Waals surface area contributed by atoms with Gasteiger partial charge in [0.15, 0.2) is 23.7 Å². The number of carbonyl (C=O) groups excluding carboxylic acids is 3. The minimum absolute atomic E-state index is 0.0229. The summed E-state index contributed by atoms with van der Waals surface area (Å²) in [5.41, 5.74) is 5.83. The van der Waals surface area contributed by atoms with Crippen LogP contribution in [0.2, 0.25) is 15.1 Å². The second-order valence-electron chi connectivity index (χ2n) is 17.4. The Labute approximate surface area is 429 Å². The number of aromatic nitrogens is 3. The maximum Gasteiger partial charge on any atom is 0.737 e. The molecule has 2 N–H and O–H groups in total. The van der Waals surface area contributed by atoms with Crippen LogP contribution >= 0.6 is 46.1 Å². The number of amides is 3. The predicted molar refractivity (Wildman–Crippen MR) is 280 cm³/mol. The average molecular weight is 1040 g/mol. The number of rotatable bonds is 18. The molecule has 0 bridgehead atoms. The third-order valence-electron chi connectivity index (χ3n) is 12.7. The van der Waals surface area contributed by atoms with Crippen molar-refractivity contribution in [3.8, 4) is 22.7 Å². The molecule has 366 valence electrons. The summed E-state index contributed by atoms with van der Waals surface area (Å²) in [6.07, 6.45) is 11.3. The fourth-order valence-corrected chi connectivity index (χ4v) is 10.4. The number of hydrogen-bond donors (Lipinski definition) is 2. The quantitative estimate of drug-likeness (QED) is 0.0655. The highest BCUT2D eigenvalue weighted by atomic mass is 35.5. The van der Waals surface area contributed by atoms with Crippen LogP contribution in [0.15, 0.2) is 114 Å². The van der Waals surface area contributed by atoms with Crippen LogP contribution in [0.5, 0.6) is 5.75 Å². The number of carbonyl (C=O) groups is 3. The molecule has 71 heavy (non-hydrogen) atoms. The third kappa shape index (κ3) is 11.3. The van der Waals surface area contributed by atoms with Gasteiger partial charge in [0.25, 0.3) is 11.8 Å². The number of nitrogens with zero attached hydrogens (tertiary/aromatic N) is 6. The number of ether oxygens (including phenoxy) is 1. The van der Waals surface area contributed by atoms with Gasteiger partial charge in [0.1, 0.15) is 5.75 Å². The zero-order valence-electron chi connectivity index (χ0n) is 38.8. The molecule has 3 aromatic heterocycles. The summed E-state index contributed by atoms with van der Waals surface area (Å²) in [6.45, 7) is 1.59. The molecule has 1 saturated heterocycles. The SMILES string of the molecule is Cc1c(C(=O)N2CCN(CCNC(=O)CCCCCNC(=O)COc3ccc(/C=C/c4ccc5n4[B-](F)(F)[N+]4=C(c6cccs6)C=CC4=C5)cc3)CC2)nn(-c2ccc(Cl)cc2Cl)c1-c1ccc(Cl)cc1. The molecule has 0 radical (unpaired) electrons. The van der Waals surface area contributed by atoms with E-state index in [4.69, 9.17) is 44.6 Å². The Hall–Kier alpha value is -6.30. The molecule has 0 aliphatic carbocycles. The van der Waals surface area contributed by atoms with Crippen LogP contribution in [0.1, 0.15) is 63.6 Å². The first-order valence-electron chi connectivity index (χ1n) is 23.4. The topological polar surface area (TPSA) is 117 Å². The molecular weight excluding hydrogens is 988 g/mol. The van der Waals surface area contributed by atoms with E-state index in [2.05, 4.69) is 15.5 Å². The Kier molecular flexibility index (Phi) is 15.4. The molecular formula is C52H50BCl3F2N8O4S. The number of piperazine rings is 1. The van der Waals surface area contributed by atoms with Gasteiger partial charge in [-0.2, -0.15) is 5.10 Å². The van der Waals surface area contributed by atoms with Gasteiger partial charge < -0.3 is 37.9 Å². The number of benzene rings is 3. The molecule has 9 rings (SSSR count). The van der Waals surface area contributed by atoms with E-state index >= 15 is 8.63 Å². The lowest BCUT2D eigenvalue weighted by Crippen LogP contribution is -2.50. The molecule has 0 unspecified atom stereocenters. The fraction of sp³-hybridized carbons (Fsp3) is 0.250. The van der Waals surface area contributed by atoms with Gasteiger partial charge >= 0.3 is 6.97 Å². The monoisotopic (exact) mass is 1040 g/mol. The number of hydrogen-bond acceptors (Lipinski definition) is 7. The minimum atomic E-state index is -4.13. The molecule has 0 spiro atoms. The minimum Gasteiger partial charge on any atom is -0.484 e. The molecule has 3 amide bonds. The average Bonchev–Trinajstić information content (AvgIpc) is 4.19. The van der Waals surface area contributed by atoms with Crippen LogP contribution in [0.3, 0.4) is 0 Å². The zero-order chi connectivity index (χ0) is 49.6. The number of allylic oxidation sites excluding steroid dienone is 2. The Morgan fingerprint density at radius 3 is 2.35 bits per heavy atom. The number of thiophene rings is 1. The van der Waals surface area contributed by atoms with Gasteiger partial charge in [-0.15, -0.1) is 11.3 Å². The Morgan fingerprint density at radius 1 is 0.845 bits per heavy atom. The molecule has 3 aromatic carbocycles. The van der Waals surface area contributed by atoms with Crippen molar-refractivity contribution < 1.29 is 32.2 Å². The van der Waals surface area contributed by atoms with Crippen LogP contribution in [-0.2, 0) is 9.59 Å². The standard InChI is InChI=1S/C52H50BCl3F2N8O4S/c1-35-50(61-66(45-22-15-39(55)32-44(45)56)51(35)37-11-13-38(54)14-12-37)52(69)63-29-27-62(28-30-63)26-25-60-48(67)7-3-2-4-24-59-49(68)34-70-43-20-9-36(10-21-43)8-16-40-17-18-41-33-42-19-23-46(47-6-5-31-71-47)65(42)53(57,58)64(40)41/h5-6,8-23,31-33H,2-4,7,24-30,34H2,1H3,(H,59,68)(H,60,67)/b16-8+. The molecule has 0 saturated carbocycles. The van der Waals surface area contributed by atoms with Crippen molar-refractivity contribution >= 4 is 94.8 Å². The van der Waals surface area contributed by atoms with E-state index in [1.54, 1.807) is 102 Å². The lowest BCUT2D eigenvalue weighted by molar-refractivity contribution is -0.360. The van der Waals surface area contributed by atoms with E-state index < -0.39 is 6.97 Å². The fourth-order valence-electron chi connectivity index (χ4n) is 9.02. The number of halogens is 5. The van der Waals surface area contributed by atoms with Crippen LogP contribution in [0.25, 0.3) is 35.2 Å². The lowest BCUT2D eigenvalue weighted by atomic mass is 9.90. The van der Waals surface area contributed by atoms with E-state index in [9.17, 15) is 14.4 Å². The van der Waals surface area contributed by atoms with Gasteiger partial charge in [0, 0.05) is 103 Å². The first-order valence-corrected chi connectivity index (χ1v) is 25.5. The Balaban J connectivity index is 0.649. The van der Waals surface area contributed by atoms with Crippen LogP contribution in [-0.4, -0.2) is 111 Å². The van der Waals surface area contributed by atoms with Gasteiger partial charge in [-0.05, 0) is 97.4 Å². The first-order chi connectivity index (χ1) is 34.3. The summed E-state index contributed by atoms with van der Waals surface area (Å²) in [6, 6.07) is 26.7. The summed E-state index contributed by atoms with van der Waals surface area (Å²) in [4.78, 5) is 43.8. The molecule has 12 nitrogen and oxygen atoms in total. The summed E-state index contributed by atoms with van der Waals surface area (Å²) in [5, 5.41) is 14.0. The van der Waals surface area contributed by atoms with Gasteiger partial charge in [0.05, 0.1) is 21.3 Å². The van der Waals surface area contributed by atoms with Crippen molar-refractivity contribution in [1.29, 1.82) is 0 Å². The zero-order valence-corrected chi connectivity index (χ0v) is 41.9. The first kappa shape index (κ1) is 49.7. The van der Waals surface area contributed by atoms with Crippen LogP contribution in [0.4, 0.5) is 8.63 Å². The molecule has 6 aromatic rings. The maximum absolute atomic E-state index is 16.1. The van der Waals surface area contributed by atoms with Crippen molar-refractivity contribution in [1.82, 2.24) is 34.7 Å². The molecule has 19 heteroatoms. The van der Waals surface area contributed by atoms with E-state index in [0.29, 0.717) is 114 Å². The largest absolute Gasteiger partial charge is 0.737 e. The van der Waals surface area contributed by atoms with Crippen LogP contribution in [0, 0.1) is 6.92 Å². The van der Waals surface area contributed by atoms with E-state index in [1.807, 2.05) is 41.5 Å². The second-order valence-corrected chi connectivity index (χ2v) is 19.7. The summed E-state index contributed by atoms with van der Waals surface area (Å²) in [7, 11) is 0. The Bertz CT molecular complexity index is 3070. The van der Waals surface area contributed by atoms with Gasteiger partial charge in [-0.25, -0.2) is 4.68 Å². The van der Waals surface area contributed by atoms with Crippen molar-refractivity contribution in [2.75, 3.05) is 52.4 Å². The van der Waals surface area contributed by atoms with Crippen LogP contribution < -0.4 is 15.4 Å². The van der Waals surface area contributed by atoms with E-state index in [-0.39, 0.29) is 24.3 Å². The molecule has 1 fully saturated rings. The predicted octanol–water partition coefficient (Wildman–Crippen LogP) is 10.1. The number of nitrogens with one attached hydrogen (secondary N) is 2. The summed E-state index contributed by atoms with van der Waals surface area (Å²) >= 11 is 20.4. The Morgan fingerprint density at radius 2 is 1.61 bits per heavy atom.